The summed E-state index contributed by atoms with van der Waals surface area (Å²) in [7, 11) is -3.83. The van der Waals surface area contributed by atoms with Gasteiger partial charge >= 0.3 is 0 Å². The van der Waals surface area contributed by atoms with E-state index in [0.29, 0.717) is 25.2 Å². The molecule has 0 spiro atoms. The number of nitrogens with zero attached hydrogens (tertiary/aromatic N) is 2. The summed E-state index contributed by atoms with van der Waals surface area (Å²) in [5, 5.41) is 0. The minimum absolute atomic E-state index is 0.145. The fourth-order valence-electron chi connectivity index (χ4n) is 3.26. The van der Waals surface area contributed by atoms with Crippen LogP contribution in [-0.2, 0) is 21.2 Å². The van der Waals surface area contributed by atoms with E-state index >= 15 is 0 Å². The van der Waals surface area contributed by atoms with Crippen LogP contribution in [0.15, 0.2) is 59.5 Å². The van der Waals surface area contributed by atoms with Crippen molar-refractivity contribution in [2.75, 3.05) is 23.9 Å². The number of sulfonamides is 1. The first-order valence-corrected chi connectivity index (χ1v) is 10.4. The van der Waals surface area contributed by atoms with E-state index in [-0.39, 0.29) is 17.3 Å². The van der Waals surface area contributed by atoms with Crippen molar-refractivity contribution in [1.82, 2.24) is 4.90 Å². The molecule has 1 fully saturated rings. The zero-order valence-electron chi connectivity index (χ0n) is 15.0. The van der Waals surface area contributed by atoms with E-state index in [2.05, 4.69) is 0 Å². The van der Waals surface area contributed by atoms with E-state index < -0.39 is 10.0 Å². The molecule has 0 atom stereocenters. The summed E-state index contributed by atoms with van der Waals surface area (Å²) in [4.78, 5) is 14.7. The van der Waals surface area contributed by atoms with Gasteiger partial charge in [-0.25, -0.2) is 8.42 Å². The maximum atomic E-state index is 13.3. The largest absolute Gasteiger partial charge is 0.341 e. The van der Waals surface area contributed by atoms with Crippen LogP contribution < -0.4 is 4.31 Å². The van der Waals surface area contributed by atoms with Crippen LogP contribution in [0.5, 0.6) is 0 Å². The fourth-order valence-corrected chi connectivity index (χ4v) is 4.73. The van der Waals surface area contributed by atoms with Gasteiger partial charge in [0.15, 0.2) is 0 Å². The van der Waals surface area contributed by atoms with Gasteiger partial charge in [-0.2, -0.15) is 0 Å². The number of likely N-dealkylation sites (tertiary alicyclic amines) is 1. The Labute approximate surface area is 155 Å². The molecule has 0 saturated carbocycles. The molecule has 2 aromatic carbocycles. The minimum atomic E-state index is -3.83. The van der Waals surface area contributed by atoms with Gasteiger partial charge in [0, 0.05) is 13.1 Å². The molecule has 2 aromatic rings. The second-order valence-corrected chi connectivity index (χ2v) is 8.26. The number of carbonyl (C=O) groups excluding carboxylic acids is 1. The summed E-state index contributed by atoms with van der Waals surface area (Å²) >= 11 is 0. The molecular formula is C20H24N2O3S. The smallest absolute Gasteiger partial charge is 0.264 e. The van der Waals surface area contributed by atoms with Crippen LogP contribution in [0.3, 0.4) is 0 Å². The number of rotatable bonds is 6. The highest BCUT2D eigenvalue weighted by Gasteiger charge is 2.30. The second-order valence-electron chi connectivity index (χ2n) is 6.39. The van der Waals surface area contributed by atoms with Crippen LogP contribution in [0.1, 0.15) is 25.3 Å². The maximum absolute atomic E-state index is 13.3. The Morgan fingerprint density at radius 1 is 1.00 bits per heavy atom. The summed E-state index contributed by atoms with van der Waals surface area (Å²) in [6.45, 7) is 3.21. The zero-order valence-corrected chi connectivity index (χ0v) is 15.8. The SMILES string of the molecule is CCc1ccccc1N(CC(=O)N1CCCC1)S(=O)(=O)c1ccccc1. The topological polar surface area (TPSA) is 57.7 Å². The van der Waals surface area contributed by atoms with E-state index in [9.17, 15) is 13.2 Å². The molecule has 26 heavy (non-hydrogen) atoms. The van der Waals surface area contributed by atoms with Crippen molar-refractivity contribution in [1.29, 1.82) is 0 Å². The molecule has 1 aliphatic rings. The van der Waals surface area contributed by atoms with Crippen molar-refractivity contribution in [2.45, 2.75) is 31.1 Å². The van der Waals surface area contributed by atoms with Crippen LogP contribution in [0.4, 0.5) is 5.69 Å². The summed E-state index contributed by atoms with van der Waals surface area (Å²) in [6.07, 6.45) is 2.64. The van der Waals surface area contributed by atoms with Crippen molar-refractivity contribution in [3.05, 3.63) is 60.2 Å². The molecule has 0 unspecified atom stereocenters. The zero-order chi connectivity index (χ0) is 18.6. The molecule has 0 N–H and O–H groups in total. The van der Waals surface area contributed by atoms with Crippen LogP contribution in [-0.4, -0.2) is 38.9 Å². The first kappa shape index (κ1) is 18.5. The van der Waals surface area contributed by atoms with Gasteiger partial charge in [0.25, 0.3) is 10.0 Å². The molecule has 0 radical (unpaired) electrons. The molecule has 1 saturated heterocycles. The van der Waals surface area contributed by atoms with Crippen molar-refractivity contribution in [3.8, 4) is 0 Å². The first-order valence-electron chi connectivity index (χ1n) is 8.97. The molecule has 5 nitrogen and oxygen atoms in total. The summed E-state index contributed by atoms with van der Waals surface area (Å²) in [6, 6.07) is 15.7. The van der Waals surface area contributed by atoms with Crippen LogP contribution in [0.2, 0.25) is 0 Å². The average molecular weight is 372 g/mol. The summed E-state index contributed by atoms with van der Waals surface area (Å²) < 4.78 is 27.9. The van der Waals surface area contributed by atoms with Crippen LogP contribution in [0.25, 0.3) is 0 Å². The third-order valence-electron chi connectivity index (χ3n) is 4.71. The number of carbonyl (C=O) groups is 1. The van der Waals surface area contributed by atoms with E-state index in [1.54, 1.807) is 41.3 Å². The first-order chi connectivity index (χ1) is 12.5. The Morgan fingerprint density at radius 2 is 1.62 bits per heavy atom. The number of hydrogen-bond donors (Lipinski definition) is 0. The Bertz CT molecular complexity index is 860. The van der Waals surface area contributed by atoms with Crippen molar-refractivity contribution < 1.29 is 13.2 Å². The van der Waals surface area contributed by atoms with E-state index in [1.807, 2.05) is 25.1 Å². The summed E-state index contributed by atoms with van der Waals surface area (Å²) in [5.41, 5.74) is 1.48. The van der Waals surface area contributed by atoms with Gasteiger partial charge < -0.3 is 4.90 Å². The van der Waals surface area contributed by atoms with Gasteiger partial charge in [-0.3, -0.25) is 9.10 Å². The lowest BCUT2D eigenvalue weighted by Gasteiger charge is -2.28. The predicted octanol–water partition coefficient (Wildman–Crippen LogP) is 3.07. The standard InChI is InChI=1S/C20H24N2O3S/c1-2-17-10-6-7-13-19(17)22(16-20(23)21-14-8-9-15-21)26(24,25)18-11-4-3-5-12-18/h3-7,10-13H,2,8-9,14-16H2,1H3. The molecule has 3 rings (SSSR count). The lowest BCUT2D eigenvalue weighted by atomic mass is 10.1. The highest BCUT2D eigenvalue weighted by molar-refractivity contribution is 7.92. The molecule has 0 aromatic heterocycles. The third kappa shape index (κ3) is 3.75. The number of para-hydroxylation sites is 1. The summed E-state index contributed by atoms with van der Waals surface area (Å²) in [5.74, 6) is -0.145. The van der Waals surface area contributed by atoms with Gasteiger partial charge in [-0.15, -0.1) is 0 Å². The molecule has 138 valence electrons. The molecule has 1 aliphatic heterocycles. The van der Waals surface area contributed by atoms with E-state index in [4.69, 9.17) is 0 Å². The Balaban J connectivity index is 2.02. The predicted molar refractivity (Wildman–Crippen MR) is 103 cm³/mol. The van der Waals surface area contributed by atoms with Crippen LogP contribution >= 0.6 is 0 Å². The monoisotopic (exact) mass is 372 g/mol. The minimum Gasteiger partial charge on any atom is -0.341 e. The third-order valence-corrected chi connectivity index (χ3v) is 6.48. The van der Waals surface area contributed by atoms with Gasteiger partial charge in [-0.05, 0) is 43.0 Å². The molecule has 0 bridgehead atoms. The molecule has 6 heteroatoms. The van der Waals surface area contributed by atoms with Crippen molar-refractivity contribution >= 4 is 21.6 Å². The number of benzene rings is 2. The van der Waals surface area contributed by atoms with Crippen molar-refractivity contribution in [3.63, 3.8) is 0 Å². The second kappa shape index (κ2) is 7.91. The quantitative estimate of drug-likeness (QED) is 0.783. The van der Waals surface area contributed by atoms with Gasteiger partial charge in [0.2, 0.25) is 5.91 Å². The highest BCUT2D eigenvalue weighted by atomic mass is 32.2. The lowest BCUT2D eigenvalue weighted by Crippen LogP contribution is -2.42. The number of anilines is 1. The Kier molecular flexibility index (Phi) is 5.61. The average Bonchev–Trinajstić information content (AvgIpc) is 3.21. The number of amides is 1. The number of aryl methyl sites for hydroxylation is 1. The molecule has 1 heterocycles. The van der Waals surface area contributed by atoms with E-state index in [1.165, 1.54) is 4.31 Å². The normalized spacial score (nSPS) is 14.4. The molecular weight excluding hydrogens is 348 g/mol. The highest BCUT2D eigenvalue weighted by Crippen LogP contribution is 2.28. The molecule has 1 amide bonds. The lowest BCUT2D eigenvalue weighted by molar-refractivity contribution is -0.128. The van der Waals surface area contributed by atoms with Gasteiger partial charge in [0.1, 0.15) is 6.54 Å². The van der Waals surface area contributed by atoms with Gasteiger partial charge in [-0.1, -0.05) is 43.3 Å². The van der Waals surface area contributed by atoms with Gasteiger partial charge in [0.05, 0.1) is 10.6 Å². The number of hydrogen-bond acceptors (Lipinski definition) is 3. The van der Waals surface area contributed by atoms with Crippen LogP contribution in [0, 0.1) is 0 Å². The van der Waals surface area contributed by atoms with E-state index in [0.717, 1.165) is 18.4 Å². The molecule has 0 aliphatic carbocycles. The Morgan fingerprint density at radius 3 is 2.27 bits per heavy atom. The Hall–Kier alpha value is -2.34. The van der Waals surface area contributed by atoms with Crippen molar-refractivity contribution in [2.24, 2.45) is 0 Å². The fraction of sp³-hybridized carbons (Fsp3) is 0.350. The maximum Gasteiger partial charge on any atom is 0.264 e.